The summed E-state index contributed by atoms with van der Waals surface area (Å²) in [5.74, 6) is -0.302. The molecule has 2 aromatic carbocycles. The van der Waals surface area contributed by atoms with Gasteiger partial charge in [-0.2, -0.15) is 4.31 Å². The molecule has 0 heterocycles. The summed E-state index contributed by atoms with van der Waals surface area (Å²) in [6.07, 6.45) is 0. The smallest absolute Gasteiger partial charge is 0.246 e. The van der Waals surface area contributed by atoms with Gasteiger partial charge in [0, 0.05) is 28.7 Å². The molecule has 0 saturated carbocycles. The Morgan fingerprint density at radius 3 is 2.61 bits per heavy atom. The lowest BCUT2D eigenvalue weighted by atomic mass is 10.2. The number of ether oxygens (including phenoxy) is 1. The van der Waals surface area contributed by atoms with Gasteiger partial charge in [0.05, 0.1) is 7.11 Å². The molecule has 4 nitrogen and oxygen atoms in total. The third-order valence-corrected chi connectivity index (χ3v) is 5.76. The maximum atomic E-state index is 13.9. The Hall–Kier alpha value is -1.15. The zero-order valence-electron chi connectivity index (χ0n) is 12.4. The van der Waals surface area contributed by atoms with E-state index in [2.05, 4.69) is 15.9 Å². The Morgan fingerprint density at radius 2 is 1.96 bits per heavy atom. The van der Waals surface area contributed by atoms with Crippen molar-refractivity contribution < 1.29 is 17.5 Å². The van der Waals surface area contributed by atoms with E-state index in [9.17, 15) is 12.8 Å². The summed E-state index contributed by atoms with van der Waals surface area (Å²) in [5.41, 5.74) is 0.585. The predicted molar refractivity (Wildman–Crippen MR) is 90.8 cm³/mol. The normalized spacial score (nSPS) is 11.7. The summed E-state index contributed by atoms with van der Waals surface area (Å²) < 4.78 is 45.8. The topological polar surface area (TPSA) is 46.6 Å². The standard InChI is InChI=1S/C15H14BrClFNO3S/c1-19(9-10-7-12(17)4-6-14(10)22-2)23(20,21)15-8-11(16)3-5-13(15)18/h3-8H,9H2,1-2H3. The molecule has 0 aromatic heterocycles. The highest BCUT2D eigenvalue weighted by Gasteiger charge is 2.25. The molecule has 2 rings (SSSR count). The lowest BCUT2D eigenvalue weighted by Crippen LogP contribution is -2.27. The summed E-state index contributed by atoms with van der Waals surface area (Å²) in [5, 5.41) is 0.459. The molecule has 0 aliphatic heterocycles. The molecule has 0 spiro atoms. The van der Waals surface area contributed by atoms with E-state index in [-0.39, 0.29) is 6.54 Å². The summed E-state index contributed by atoms with van der Waals surface area (Å²) >= 11 is 9.09. The molecule has 0 fully saturated rings. The van der Waals surface area contributed by atoms with Crippen molar-refractivity contribution in [1.82, 2.24) is 4.31 Å². The highest BCUT2D eigenvalue weighted by molar-refractivity contribution is 9.10. The van der Waals surface area contributed by atoms with Crippen LogP contribution in [0.4, 0.5) is 4.39 Å². The molecule has 0 radical (unpaired) electrons. The van der Waals surface area contributed by atoms with Crippen molar-refractivity contribution in [2.24, 2.45) is 0 Å². The first kappa shape index (κ1) is 18.2. The highest BCUT2D eigenvalue weighted by Crippen LogP contribution is 2.27. The van der Waals surface area contributed by atoms with Crippen LogP contribution in [0.3, 0.4) is 0 Å². The van der Waals surface area contributed by atoms with Gasteiger partial charge in [-0.05, 0) is 36.4 Å². The van der Waals surface area contributed by atoms with E-state index < -0.39 is 20.7 Å². The highest BCUT2D eigenvalue weighted by atomic mass is 79.9. The minimum Gasteiger partial charge on any atom is -0.496 e. The van der Waals surface area contributed by atoms with Crippen LogP contribution >= 0.6 is 27.5 Å². The van der Waals surface area contributed by atoms with Crippen molar-refractivity contribution in [3.63, 3.8) is 0 Å². The maximum Gasteiger partial charge on any atom is 0.246 e. The van der Waals surface area contributed by atoms with E-state index in [4.69, 9.17) is 16.3 Å². The first-order valence-corrected chi connectivity index (χ1v) is 9.10. The van der Waals surface area contributed by atoms with Crippen LogP contribution in [0.15, 0.2) is 45.8 Å². The number of nitrogens with zero attached hydrogens (tertiary/aromatic N) is 1. The Kier molecular flexibility index (Phi) is 5.67. The van der Waals surface area contributed by atoms with E-state index in [1.54, 1.807) is 18.2 Å². The van der Waals surface area contributed by atoms with E-state index >= 15 is 0 Å². The Bertz CT molecular complexity index is 829. The molecule has 124 valence electrons. The average Bonchev–Trinajstić information content (AvgIpc) is 2.49. The molecule has 0 N–H and O–H groups in total. The van der Waals surface area contributed by atoms with Crippen molar-refractivity contribution in [1.29, 1.82) is 0 Å². The zero-order chi connectivity index (χ0) is 17.2. The van der Waals surface area contributed by atoms with Gasteiger partial charge < -0.3 is 4.74 Å². The molecular formula is C15H14BrClFNO3S. The van der Waals surface area contributed by atoms with Crippen LogP contribution in [0.2, 0.25) is 5.02 Å². The predicted octanol–water partition coefficient (Wildman–Crippen LogP) is 4.07. The molecule has 0 amide bonds. The van der Waals surface area contributed by atoms with Crippen LogP contribution in [0.5, 0.6) is 5.75 Å². The molecule has 0 aliphatic rings. The average molecular weight is 423 g/mol. The van der Waals surface area contributed by atoms with Gasteiger partial charge in [-0.3, -0.25) is 0 Å². The number of halogens is 3. The first-order chi connectivity index (χ1) is 10.8. The molecular weight excluding hydrogens is 409 g/mol. The van der Waals surface area contributed by atoms with Crippen LogP contribution in [-0.2, 0) is 16.6 Å². The zero-order valence-corrected chi connectivity index (χ0v) is 15.5. The largest absolute Gasteiger partial charge is 0.496 e. The van der Waals surface area contributed by atoms with Crippen molar-refractivity contribution in [2.45, 2.75) is 11.4 Å². The van der Waals surface area contributed by atoms with Crippen LogP contribution in [0.1, 0.15) is 5.56 Å². The number of benzene rings is 2. The van der Waals surface area contributed by atoms with E-state index in [1.165, 1.54) is 26.3 Å². The maximum absolute atomic E-state index is 13.9. The molecule has 0 unspecified atom stereocenters. The van der Waals surface area contributed by atoms with Gasteiger partial charge in [0.15, 0.2) is 0 Å². The van der Waals surface area contributed by atoms with Gasteiger partial charge in [0.25, 0.3) is 0 Å². The van der Waals surface area contributed by atoms with Crippen LogP contribution in [0.25, 0.3) is 0 Å². The molecule has 23 heavy (non-hydrogen) atoms. The minimum absolute atomic E-state index is 0.00196. The first-order valence-electron chi connectivity index (χ1n) is 6.49. The molecule has 0 aliphatic carbocycles. The molecule has 0 bridgehead atoms. The number of hydrogen-bond acceptors (Lipinski definition) is 3. The Balaban J connectivity index is 2.38. The SMILES string of the molecule is COc1ccc(Cl)cc1CN(C)S(=O)(=O)c1cc(Br)ccc1F. The fourth-order valence-corrected chi connectivity index (χ4v) is 3.98. The monoisotopic (exact) mass is 421 g/mol. The summed E-state index contributed by atoms with van der Waals surface area (Å²) in [4.78, 5) is -0.393. The van der Waals surface area contributed by atoms with Crippen LogP contribution in [-0.4, -0.2) is 26.9 Å². The molecule has 0 saturated heterocycles. The second-order valence-corrected chi connectivity index (χ2v) is 8.16. The lowest BCUT2D eigenvalue weighted by molar-refractivity contribution is 0.397. The molecule has 8 heteroatoms. The van der Waals surface area contributed by atoms with E-state index in [0.29, 0.717) is 20.8 Å². The van der Waals surface area contributed by atoms with Gasteiger partial charge in [0.1, 0.15) is 16.5 Å². The fourth-order valence-electron chi connectivity index (χ4n) is 2.04. The van der Waals surface area contributed by atoms with Crippen LogP contribution < -0.4 is 4.74 Å². The van der Waals surface area contributed by atoms with Gasteiger partial charge in [-0.1, -0.05) is 27.5 Å². The lowest BCUT2D eigenvalue weighted by Gasteiger charge is -2.19. The molecule has 2 aromatic rings. The Labute approximate surface area is 148 Å². The van der Waals surface area contributed by atoms with Gasteiger partial charge >= 0.3 is 0 Å². The van der Waals surface area contributed by atoms with Crippen molar-refractivity contribution >= 4 is 37.6 Å². The third-order valence-electron chi connectivity index (χ3n) is 3.22. The third kappa shape index (κ3) is 4.03. The van der Waals surface area contributed by atoms with Gasteiger partial charge in [0.2, 0.25) is 10.0 Å². The Morgan fingerprint density at radius 1 is 1.26 bits per heavy atom. The van der Waals surface area contributed by atoms with Gasteiger partial charge in [-0.25, -0.2) is 12.8 Å². The van der Waals surface area contributed by atoms with E-state index in [1.807, 2.05) is 0 Å². The van der Waals surface area contributed by atoms with Crippen molar-refractivity contribution in [2.75, 3.05) is 14.2 Å². The van der Waals surface area contributed by atoms with Crippen LogP contribution in [0, 0.1) is 5.82 Å². The fraction of sp³-hybridized carbons (Fsp3) is 0.200. The van der Waals surface area contributed by atoms with E-state index in [0.717, 1.165) is 10.4 Å². The summed E-state index contributed by atoms with van der Waals surface area (Å²) in [6.45, 7) is -0.00196. The molecule has 0 atom stereocenters. The summed E-state index contributed by atoms with van der Waals surface area (Å²) in [6, 6.07) is 8.68. The minimum atomic E-state index is -4.00. The van der Waals surface area contributed by atoms with Gasteiger partial charge in [-0.15, -0.1) is 0 Å². The van der Waals surface area contributed by atoms with Crippen molar-refractivity contribution in [3.8, 4) is 5.75 Å². The quantitative estimate of drug-likeness (QED) is 0.730. The number of methoxy groups -OCH3 is 1. The number of rotatable bonds is 5. The number of hydrogen-bond donors (Lipinski definition) is 0. The second-order valence-electron chi connectivity index (χ2n) is 4.79. The van der Waals surface area contributed by atoms with Crippen molar-refractivity contribution in [3.05, 3.63) is 57.3 Å². The second kappa shape index (κ2) is 7.17. The number of sulfonamides is 1. The summed E-state index contributed by atoms with van der Waals surface area (Å²) in [7, 11) is -1.15.